The van der Waals surface area contributed by atoms with E-state index in [4.69, 9.17) is 4.74 Å². The van der Waals surface area contributed by atoms with Crippen molar-refractivity contribution in [2.75, 3.05) is 12.0 Å². The van der Waals surface area contributed by atoms with Crippen LogP contribution < -0.4 is 9.64 Å². The molecule has 0 saturated carbocycles. The zero-order valence-electron chi connectivity index (χ0n) is 22.2. The molecule has 1 N–H and O–H groups in total. The van der Waals surface area contributed by atoms with E-state index in [1.165, 1.54) is 0 Å². The Morgan fingerprint density at radius 1 is 1.11 bits per heavy atom. The van der Waals surface area contributed by atoms with Gasteiger partial charge in [0.25, 0.3) is 0 Å². The number of hydrogen-bond donors (Lipinski definition) is 1. The summed E-state index contributed by atoms with van der Waals surface area (Å²) in [5.74, 6) is 1.09. The molecule has 0 fully saturated rings. The Labute approximate surface area is 223 Å². The lowest BCUT2D eigenvalue weighted by Gasteiger charge is -2.31. The molecule has 2 aromatic heterocycles. The second kappa shape index (κ2) is 11.1. The molecule has 7 nitrogen and oxygen atoms in total. The lowest BCUT2D eigenvalue weighted by Crippen LogP contribution is -2.36. The van der Waals surface area contributed by atoms with E-state index >= 15 is 0 Å². The first-order valence-corrected chi connectivity index (χ1v) is 13.1. The molecule has 196 valence electrons. The molecule has 0 bridgehead atoms. The van der Waals surface area contributed by atoms with Crippen molar-refractivity contribution in [3.05, 3.63) is 101 Å². The van der Waals surface area contributed by atoms with Crippen LogP contribution in [0.1, 0.15) is 66.5 Å². The Kier molecular flexibility index (Phi) is 7.45. The minimum atomic E-state index is -0.315. The smallest absolute Gasteiger partial charge is 0.234 e. The maximum absolute atomic E-state index is 14.1. The number of aromatic nitrogens is 3. The molecule has 1 aliphatic carbocycles. The molecular formula is C31H34N4O3. The number of methoxy groups -OCH3 is 1. The Bertz CT molecular complexity index is 1390. The number of ether oxygens (including phenoxy) is 1. The van der Waals surface area contributed by atoms with E-state index in [9.17, 15) is 9.90 Å². The average Bonchev–Trinajstić information content (AvgIpc) is 3.38. The van der Waals surface area contributed by atoms with Crippen molar-refractivity contribution in [1.82, 2.24) is 14.8 Å². The van der Waals surface area contributed by atoms with Gasteiger partial charge in [-0.2, -0.15) is 5.10 Å². The quantitative estimate of drug-likeness (QED) is 0.323. The van der Waals surface area contributed by atoms with Crippen LogP contribution >= 0.6 is 0 Å². The SMILES string of the molecule is COc1ccc(Cn2cc(CN(C(=O)C3CCCc4c(O)cccc43)c3ccc(C(C)C)nc3)cn2)cc1. The minimum Gasteiger partial charge on any atom is -0.508 e. The first-order chi connectivity index (χ1) is 18.4. The number of fused-ring (bicyclic) bond motifs is 1. The van der Waals surface area contributed by atoms with Crippen LogP contribution in [0.25, 0.3) is 0 Å². The van der Waals surface area contributed by atoms with Crippen LogP contribution in [-0.2, 0) is 24.3 Å². The van der Waals surface area contributed by atoms with Crippen molar-refractivity contribution in [3.63, 3.8) is 0 Å². The van der Waals surface area contributed by atoms with Gasteiger partial charge in [0.15, 0.2) is 0 Å². The van der Waals surface area contributed by atoms with Crippen molar-refractivity contribution < 1.29 is 14.6 Å². The first-order valence-electron chi connectivity index (χ1n) is 13.1. The van der Waals surface area contributed by atoms with E-state index in [2.05, 4.69) is 23.9 Å². The van der Waals surface area contributed by atoms with Crippen LogP contribution in [0.15, 0.2) is 73.2 Å². The van der Waals surface area contributed by atoms with Crippen molar-refractivity contribution in [2.45, 2.75) is 58.0 Å². The largest absolute Gasteiger partial charge is 0.508 e. The molecule has 0 aliphatic heterocycles. The maximum atomic E-state index is 14.1. The Balaban J connectivity index is 1.42. The second-order valence-corrected chi connectivity index (χ2v) is 10.2. The molecule has 5 rings (SSSR count). The fraction of sp³-hybridized carbons (Fsp3) is 0.323. The summed E-state index contributed by atoms with van der Waals surface area (Å²) in [6.45, 7) is 5.22. The summed E-state index contributed by atoms with van der Waals surface area (Å²) in [6, 6.07) is 17.4. The van der Waals surface area contributed by atoms with Gasteiger partial charge in [-0.15, -0.1) is 0 Å². The standard InChI is InChI=1S/C31H34N4O3/c1-21(2)29-15-12-24(17-32-29)35(31(37)28-8-4-7-27-26(28)6-5-9-30(27)36)20-23-16-33-34(19-23)18-22-10-13-25(38-3)14-11-22/h5-6,9-17,19,21,28,36H,4,7-8,18,20H2,1-3H3. The highest BCUT2D eigenvalue weighted by Crippen LogP contribution is 2.38. The third-order valence-corrected chi connectivity index (χ3v) is 7.25. The number of nitrogens with zero attached hydrogens (tertiary/aromatic N) is 4. The summed E-state index contributed by atoms with van der Waals surface area (Å²) >= 11 is 0. The van der Waals surface area contributed by atoms with Gasteiger partial charge in [-0.1, -0.05) is 38.1 Å². The lowest BCUT2D eigenvalue weighted by atomic mass is 9.81. The molecule has 1 amide bonds. The van der Waals surface area contributed by atoms with E-state index in [1.807, 2.05) is 70.5 Å². The predicted octanol–water partition coefficient (Wildman–Crippen LogP) is 5.82. The van der Waals surface area contributed by atoms with Gasteiger partial charge in [0, 0.05) is 17.5 Å². The van der Waals surface area contributed by atoms with Crippen molar-refractivity contribution in [1.29, 1.82) is 0 Å². The summed E-state index contributed by atoms with van der Waals surface area (Å²) in [5, 5.41) is 15.0. The number of hydrogen-bond acceptors (Lipinski definition) is 5. The number of aromatic hydroxyl groups is 1. The molecule has 0 radical (unpaired) electrons. The normalized spacial score (nSPS) is 14.8. The number of anilines is 1. The Morgan fingerprint density at radius 2 is 1.92 bits per heavy atom. The molecule has 1 aliphatic rings. The summed E-state index contributed by atoms with van der Waals surface area (Å²) in [5.41, 5.74) is 5.61. The highest BCUT2D eigenvalue weighted by molar-refractivity contribution is 5.98. The van der Waals surface area contributed by atoms with Crippen LogP contribution in [0.3, 0.4) is 0 Å². The van der Waals surface area contributed by atoms with Crippen molar-refractivity contribution in [3.8, 4) is 11.5 Å². The van der Waals surface area contributed by atoms with Crippen molar-refractivity contribution >= 4 is 11.6 Å². The van der Waals surface area contributed by atoms with Gasteiger partial charge in [-0.05, 0) is 72.2 Å². The van der Waals surface area contributed by atoms with Crippen LogP contribution in [0.2, 0.25) is 0 Å². The summed E-state index contributed by atoms with van der Waals surface area (Å²) in [6.07, 6.45) is 8.00. The number of rotatable bonds is 8. The molecule has 38 heavy (non-hydrogen) atoms. The van der Waals surface area contributed by atoms with E-state index in [0.29, 0.717) is 19.0 Å². The molecule has 7 heteroatoms. The topological polar surface area (TPSA) is 80.5 Å². The van der Waals surface area contributed by atoms with Gasteiger partial charge < -0.3 is 14.7 Å². The lowest BCUT2D eigenvalue weighted by molar-refractivity contribution is -0.120. The molecule has 4 aromatic rings. The number of benzene rings is 2. The fourth-order valence-electron chi connectivity index (χ4n) is 5.14. The van der Waals surface area contributed by atoms with Crippen LogP contribution in [0.4, 0.5) is 5.69 Å². The summed E-state index contributed by atoms with van der Waals surface area (Å²) in [7, 11) is 1.66. The molecule has 0 saturated heterocycles. The second-order valence-electron chi connectivity index (χ2n) is 10.2. The molecule has 2 aromatic carbocycles. The highest BCUT2D eigenvalue weighted by atomic mass is 16.5. The van der Waals surface area contributed by atoms with Gasteiger partial charge in [-0.3, -0.25) is 14.5 Å². The predicted molar refractivity (Wildman–Crippen MR) is 148 cm³/mol. The zero-order valence-corrected chi connectivity index (χ0v) is 22.2. The molecule has 2 heterocycles. The molecule has 1 atom stereocenters. The number of amides is 1. The summed E-state index contributed by atoms with van der Waals surface area (Å²) in [4.78, 5) is 20.6. The van der Waals surface area contributed by atoms with Gasteiger partial charge >= 0.3 is 0 Å². The van der Waals surface area contributed by atoms with Crippen LogP contribution in [0, 0.1) is 0 Å². The molecule has 1 unspecified atom stereocenters. The van der Waals surface area contributed by atoms with Gasteiger partial charge in [0.1, 0.15) is 11.5 Å². The van der Waals surface area contributed by atoms with Crippen LogP contribution in [-0.4, -0.2) is 32.9 Å². The van der Waals surface area contributed by atoms with Gasteiger partial charge in [0.05, 0.1) is 44.2 Å². The van der Waals surface area contributed by atoms with E-state index < -0.39 is 0 Å². The Hall–Kier alpha value is -4.13. The minimum absolute atomic E-state index is 0.0125. The number of carbonyl (C=O) groups excluding carboxylic acids is 1. The summed E-state index contributed by atoms with van der Waals surface area (Å²) < 4.78 is 7.13. The Morgan fingerprint density at radius 3 is 2.63 bits per heavy atom. The van der Waals surface area contributed by atoms with Gasteiger partial charge in [0.2, 0.25) is 5.91 Å². The third-order valence-electron chi connectivity index (χ3n) is 7.25. The third kappa shape index (κ3) is 5.42. The number of carbonyl (C=O) groups is 1. The van der Waals surface area contributed by atoms with Gasteiger partial charge in [-0.25, -0.2) is 0 Å². The molecular weight excluding hydrogens is 476 g/mol. The van der Waals surface area contributed by atoms with Crippen molar-refractivity contribution in [2.24, 2.45) is 0 Å². The number of phenols is 1. The fourth-order valence-corrected chi connectivity index (χ4v) is 5.14. The van der Waals surface area contributed by atoms with E-state index in [-0.39, 0.29) is 17.6 Å². The van der Waals surface area contributed by atoms with E-state index in [1.54, 1.807) is 19.4 Å². The number of pyridine rings is 1. The number of phenolic OH excluding ortho intramolecular Hbond substituents is 1. The van der Waals surface area contributed by atoms with Crippen LogP contribution in [0.5, 0.6) is 11.5 Å². The average molecular weight is 511 g/mol. The maximum Gasteiger partial charge on any atom is 0.234 e. The molecule has 0 spiro atoms. The first kappa shape index (κ1) is 25.5. The zero-order chi connectivity index (χ0) is 26.6. The monoisotopic (exact) mass is 510 g/mol. The highest BCUT2D eigenvalue weighted by Gasteiger charge is 2.32. The van der Waals surface area contributed by atoms with E-state index in [0.717, 1.165) is 58.6 Å².